The third-order valence-electron chi connectivity index (χ3n) is 3.37. The van der Waals surface area contributed by atoms with E-state index in [1.54, 1.807) is 6.92 Å². The molecule has 12 heteroatoms. The number of carbonyl (C=O) groups is 3. The van der Waals surface area contributed by atoms with Crippen LogP contribution in [0.25, 0.3) is 0 Å². The minimum atomic E-state index is -1.80. The van der Waals surface area contributed by atoms with E-state index in [1.165, 1.54) is 6.92 Å². The van der Waals surface area contributed by atoms with E-state index in [1.807, 2.05) is 0 Å². The SMILES string of the molecule is CCOC1=C(C(=O)O)N2C(=O)[C@@H](C(C)OC(=O)OCC(Cl)(Cl)Cl)[C@H]2O1. The first-order chi connectivity index (χ1) is 11.6. The van der Waals surface area contributed by atoms with Crippen molar-refractivity contribution in [3.8, 4) is 0 Å². The van der Waals surface area contributed by atoms with Gasteiger partial charge in [-0.25, -0.2) is 9.59 Å². The van der Waals surface area contributed by atoms with E-state index < -0.39 is 46.7 Å². The summed E-state index contributed by atoms with van der Waals surface area (Å²) in [4.78, 5) is 36.0. The number of nitrogens with zero attached hydrogens (tertiary/aromatic N) is 1. The summed E-state index contributed by atoms with van der Waals surface area (Å²) in [5.41, 5.74) is -0.390. The number of hydrogen-bond donors (Lipinski definition) is 1. The molecule has 3 atom stereocenters. The van der Waals surface area contributed by atoms with E-state index in [0.29, 0.717) is 0 Å². The zero-order valence-corrected chi connectivity index (χ0v) is 15.3. The van der Waals surface area contributed by atoms with E-state index in [9.17, 15) is 19.5 Å². The van der Waals surface area contributed by atoms with Gasteiger partial charge in [0.05, 0.1) is 6.61 Å². The predicted molar refractivity (Wildman–Crippen MR) is 83.7 cm³/mol. The Morgan fingerprint density at radius 1 is 1.40 bits per heavy atom. The number of ether oxygens (including phenoxy) is 4. The van der Waals surface area contributed by atoms with Crippen molar-refractivity contribution in [2.75, 3.05) is 13.2 Å². The van der Waals surface area contributed by atoms with Crippen molar-refractivity contribution < 1.29 is 38.4 Å². The number of β-lactam (4-membered cyclic amide) rings is 1. The quantitative estimate of drug-likeness (QED) is 0.396. The van der Waals surface area contributed by atoms with Crippen molar-refractivity contribution in [3.05, 3.63) is 11.6 Å². The molecule has 2 rings (SSSR count). The monoisotopic (exact) mass is 417 g/mol. The fourth-order valence-corrected chi connectivity index (χ4v) is 2.53. The zero-order chi connectivity index (χ0) is 18.9. The summed E-state index contributed by atoms with van der Waals surface area (Å²) in [6.07, 6.45) is -3.05. The molecule has 0 aromatic heterocycles. The van der Waals surface area contributed by atoms with Gasteiger partial charge < -0.3 is 24.1 Å². The van der Waals surface area contributed by atoms with Gasteiger partial charge in [-0.05, 0) is 13.8 Å². The second kappa shape index (κ2) is 7.35. The molecule has 0 aliphatic carbocycles. The lowest BCUT2D eigenvalue weighted by Crippen LogP contribution is -2.63. The molecule has 0 spiro atoms. The van der Waals surface area contributed by atoms with Crippen LogP contribution in [0, 0.1) is 5.92 Å². The minimum absolute atomic E-state index is 0.154. The highest BCUT2D eigenvalue weighted by molar-refractivity contribution is 6.67. The Labute approximate surface area is 157 Å². The van der Waals surface area contributed by atoms with Crippen LogP contribution in [0.2, 0.25) is 0 Å². The van der Waals surface area contributed by atoms with Crippen LogP contribution in [-0.2, 0) is 28.5 Å². The summed E-state index contributed by atoms with van der Waals surface area (Å²) in [5, 5.41) is 9.21. The molecule has 1 N–H and O–H groups in total. The first-order valence-electron chi connectivity index (χ1n) is 7.07. The Hall–Kier alpha value is -1.58. The maximum atomic E-state index is 12.2. The second-order valence-electron chi connectivity index (χ2n) is 5.09. The highest BCUT2D eigenvalue weighted by Crippen LogP contribution is 2.42. The first-order valence-corrected chi connectivity index (χ1v) is 8.20. The van der Waals surface area contributed by atoms with Crippen molar-refractivity contribution >= 4 is 52.8 Å². The Bertz CT molecular complexity index is 617. The average Bonchev–Trinajstić information content (AvgIpc) is 2.79. The molecule has 2 aliphatic heterocycles. The number of hydrogen-bond acceptors (Lipinski definition) is 7. The van der Waals surface area contributed by atoms with Crippen LogP contribution in [0.4, 0.5) is 4.79 Å². The highest BCUT2D eigenvalue weighted by atomic mass is 35.6. The van der Waals surface area contributed by atoms with Gasteiger partial charge in [-0.15, -0.1) is 0 Å². The molecule has 0 aromatic carbocycles. The van der Waals surface area contributed by atoms with Gasteiger partial charge in [-0.2, -0.15) is 0 Å². The second-order valence-corrected chi connectivity index (χ2v) is 7.61. The van der Waals surface area contributed by atoms with Crippen LogP contribution in [0.1, 0.15) is 13.8 Å². The third kappa shape index (κ3) is 4.16. The summed E-state index contributed by atoms with van der Waals surface area (Å²) in [7, 11) is 0. The maximum absolute atomic E-state index is 12.2. The largest absolute Gasteiger partial charge is 0.508 e. The highest BCUT2D eigenvalue weighted by Gasteiger charge is 2.61. The number of amides is 1. The molecule has 1 saturated heterocycles. The number of alkyl halides is 3. The molecule has 0 saturated carbocycles. The molecule has 1 unspecified atom stereocenters. The van der Waals surface area contributed by atoms with E-state index in [4.69, 9.17) is 49.0 Å². The third-order valence-corrected chi connectivity index (χ3v) is 3.69. The van der Waals surface area contributed by atoms with Gasteiger partial charge in [-0.3, -0.25) is 9.69 Å². The fraction of sp³-hybridized carbons (Fsp3) is 0.615. The summed E-state index contributed by atoms with van der Waals surface area (Å²) >= 11 is 16.3. The Morgan fingerprint density at radius 2 is 2.04 bits per heavy atom. The first kappa shape index (κ1) is 19.7. The molecule has 9 nitrogen and oxygen atoms in total. The van der Waals surface area contributed by atoms with Crippen LogP contribution in [0.5, 0.6) is 0 Å². The summed E-state index contributed by atoms with van der Waals surface area (Å²) in [5.74, 6) is -3.14. The van der Waals surface area contributed by atoms with Crippen molar-refractivity contribution in [1.29, 1.82) is 0 Å². The Kier molecular flexibility index (Phi) is 5.80. The Balaban J connectivity index is 1.99. The molecule has 140 valence electrons. The van der Waals surface area contributed by atoms with Gasteiger partial charge in [-0.1, -0.05) is 34.8 Å². The Morgan fingerprint density at radius 3 is 2.56 bits per heavy atom. The summed E-state index contributed by atoms with van der Waals surface area (Å²) < 4.78 is 18.2. The lowest BCUT2D eigenvalue weighted by atomic mass is 9.90. The standard InChI is InChI=1S/C13H14Cl3NO8/c1-3-22-11-7(10(19)20)17-8(18)6(9(17)25-11)5(2)24-12(21)23-4-13(14,15)16/h5-6,9H,3-4H2,1-2H3,(H,19,20)/t5?,6-,9-/m1/s1. The minimum Gasteiger partial charge on any atom is -0.476 e. The molecule has 2 aliphatic rings. The van der Waals surface area contributed by atoms with Gasteiger partial charge in [0, 0.05) is 0 Å². The van der Waals surface area contributed by atoms with Crippen LogP contribution in [-0.4, -0.2) is 57.4 Å². The van der Waals surface area contributed by atoms with E-state index in [-0.39, 0.29) is 18.2 Å². The van der Waals surface area contributed by atoms with Crippen LogP contribution < -0.4 is 0 Å². The van der Waals surface area contributed by atoms with Gasteiger partial charge in [0.1, 0.15) is 18.6 Å². The number of aliphatic carboxylic acids is 1. The van der Waals surface area contributed by atoms with Crippen molar-refractivity contribution in [2.45, 2.75) is 30.0 Å². The number of carboxylic acids is 1. The van der Waals surface area contributed by atoms with Crippen LogP contribution >= 0.6 is 34.8 Å². The number of carbonyl (C=O) groups excluding carboxylic acids is 2. The van der Waals surface area contributed by atoms with E-state index in [2.05, 4.69) is 4.74 Å². The van der Waals surface area contributed by atoms with Gasteiger partial charge >= 0.3 is 18.1 Å². The molecule has 25 heavy (non-hydrogen) atoms. The molecule has 2 heterocycles. The maximum Gasteiger partial charge on any atom is 0.508 e. The molecule has 0 radical (unpaired) electrons. The fourth-order valence-electron chi connectivity index (χ4n) is 2.37. The van der Waals surface area contributed by atoms with Crippen LogP contribution in [0.3, 0.4) is 0 Å². The van der Waals surface area contributed by atoms with Crippen LogP contribution in [0.15, 0.2) is 11.6 Å². The molecule has 0 bridgehead atoms. The normalized spacial score (nSPS) is 23.4. The predicted octanol–water partition coefficient (Wildman–Crippen LogP) is 2.00. The topological polar surface area (TPSA) is 112 Å². The molecular weight excluding hydrogens is 405 g/mol. The lowest BCUT2D eigenvalue weighted by molar-refractivity contribution is -0.187. The number of carboxylic acid groups (broad SMARTS) is 1. The van der Waals surface area contributed by atoms with Gasteiger partial charge in [0.2, 0.25) is 15.4 Å². The summed E-state index contributed by atoms with van der Waals surface area (Å²) in [6, 6.07) is 0. The van der Waals surface area contributed by atoms with Crippen molar-refractivity contribution in [1.82, 2.24) is 4.90 Å². The molecule has 1 fully saturated rings. The lowest BCUT2D eigenvalue weighted by Gasteiger charge is -2.42. The van der Waals surface area contributed by atoms with E-state index >= 15 is 0 Å². The molecular formula is C13H14Cl3NO8. The van der Waals surface area contributed by atoms with Gasteiger partial charge in [0.25, 0.3) is 0 Å². The van der Waals surface area contributed by atoms with Crippen molar-refractivity contribution in [3.63, 3.8) is 0 Å². The van der Waals surface area contributed by atoms with E-state index in [0.717, 1.165) is 4.90 Å². The van der Waals surface area contributed by atoms with Gasteiger partial charge in [0.15, 0.2) is 6.23 Å². The average molecular weight is 419 g/mol. The van der Waals surface area contributed by atoms with Crippen molar-refractivity contribution in [2.24, 2.45) is 5.92 Å². The molecule has 0 aromatic rings. The zero-order valence-electron chi connectivity index (χ0n) is 13.0. The number of rotatable bonds is 6. The molecule has 1 amide bonds. The number of halogens is 3. The smallest absolute Gasteiger partial charge is 0.476 e. The summed E-state index contributed by atoms with van der Waals surface area (Å²) in [6.45, 7) is 2.68. The number of fused-ring (bicyclic) bond motifs is 1.